The fourth-order valence-corrected chi connectivity index (χ4v) is 2.64. The summed E-state index contributed by atoms with van der Waals surface area (Å²) in [5.74, 6) is -0.749. The monoisotopic (exact) mass is 372 g/mol. The number of hydrogen-bond donors (Lipinski definition) is 3. The molecule has 0 aromatic heterocycles. The first-order chi connectivity index (χ1) is 13.0. The number of carboxylic acids is 1. The minimum Gasteiger partial charge on any atom is -0.494 e. The molecule has 0 aliphatic rings. The highest BCUT2D eigenvalue weighted by molar-refractivity contribution is 5.87. The van der Waals surface area contributed by atoms with Crippen molar-refractivity contribution in [3.63, 3.8) is 0 Å². The molecule has 3 N–H and O–H groups in total. The van der Waals surface area contributed by atoms with Crippen molar-refractivity contribution in [2.45, 2.75) is 26.4 Å². The van der Waals surface area contributed by atoms with Gasteiger partial charge < -0.3 is 9.84 Å². The molecule has 2 aromatic rings. The van der Waals surface area contributed by atoms with Gasteiger partial charge in [-0.3, -0.25) is 14.9 Å². The number of ether oxygens (including phenoxy) is 1. The highest BCUT2D eigenvalue weighted by atomic mass is 16.5. The zero-order valence-corrected chi connectivity index (χ0v) is 15.2. The van der Waals surface area contributed by atoms with Crippen molar-refractivity contribution in [1.29, 1.82) is 0 Å². The Hall–Kier alpha value is -2.90. The van der Waals surface area contributed by atoms with Crippen molar-refractivity contribution in [1.82, 2.24) is 10.4 Å². The van der Waals surface area contributed by atoms with Crippen LogP contribution in [0.1, 0.15) is 34.8 Å². The second-order valence-corrected chi connectivity index (χ2v) is 6.18. The number of aromatic carboxylic acids is 1. The number of hydrogen-bond acceptors (Lipinski definition) is 5. The average Bonchev–Trinajstić information content (AvgIpc) is 2.67. The van der Waals surface area contributed by atoms with Crippen LogP contribution in [0.4, 0.5) is 0 Å². The van der Waals surface area contributed by atoms with E-state index in [-0.39, 0.29) is 12.1 Å². The van der Waals surface area contributed by atoms with E-state index in [0.717, 1.165) is 23.3 Å². The predicted molar refractivity (Wildman–Crippen MR) is 99.7 cm³/mol. The number of hydroxylamine groups is 1. The van der Waals surface area contributed by atoms with Crippen molar-refractivity contribution in [2.24, 2.45) is 0 Å². The molecule has 0 saturated carbocycles. The fraction of sp³-hybridized carbons (Fsp3) is 0.300. The van der Waals surface area contributed by atoms with Crippen LogP contribution in [0.2, 0.25) is 0 Å². The maximum Gasteiger partial charge on any atom is 0.335 e. The lowest BCUT2D eigenvalue weighted by atomic mass is 10.1. The third kappa shape index (κ3) is 6.73. The Morgan fingerprint density at radius 1 is 1.07 bits per heavy atom. The smallest absolute Gasteiger partial charge is 0.335 e. The molecule has 0 aliphatic carbocycles. The van der Waals surface area contributed by atoms with Crippen LogP contribution in [0.15, 0.2) is 48.5 Å². The zero-order chi connectivity index (χ0) is 19.6. The highest BCUT2D eigenvalue weighted by Gasteiger charge is 2.13. The Labute approximate surface area is 158 Å². The third-order valence-electron chi connectivity index (χ3n) is 3.87. The van der Waals surface area contributed by atoms with Gasteiger partial charge in [0, 0.05) is 13.1 Å². The Morgan fingerprint density at radius 3 is 2.41 bits per heavy atom. The first kappa shape index (κ1) is 20.4. The Balaban J connectivity index is 2.10. The van der Waals surface area contributed by atoms with Crippen LogP contribution in [-0.2, 0) is 17.9 Å². The molecule has 27 heavy (non-hydrogen) atoms. The van der Waals surface area contributed by atoms with Crippen molar-refractivity contribution < 1.29 is 24.6 Å². The van der Waals surface area contributed by atoms with Crippen LogP contribution in [-0.4, -0.2) is 40.2 Å². The molecule has 1 amide bonds. The molecule has 7 nitrogen and oxygen atoms in total. The van der Waals surface area contributed by atoms with E-state index in [1.807, 2.05) is 36.1 Å². The molecular formula is C20H24N2O5. The number of carbonyl (C=O) groups excluding carboxylic acids is 1. The molecule has 0 aliphatic heterocycles. The molecule has 0 heterocycles. The lowest BCUT2D eigenvalue weighted by molar-refractivity contribution is -0.130. The van der Waals surface area contributed by atoms with Gasteiger partial charge in [0.25, 0.3) is 5.91 Å². The number of benzene rings is 2. The summed E-state index contributed by atoms with van der Waals surface area (Å²) in [7, 11) is 0. The molecule has 0 spiro atoms. The molecule has 0 bridgehead atoms. The summed E-state index contributed by atoms with van der Waals surface area (Å²) in [5, 5.41) is 18.0. The number of nitrogens with zero attached hydrogens (tertiary/aromatic N) is 1. The quantitative estimate of drug-likeness (QED) is 0.438. The molecule has 0 unspecified atom stereocenters. The van der Waals surface area contributed by atoms with Gasteiger partial charge >= 0.3 is 5.97 Å². The van der Waals surface area contributed by atoms with Crippen LogP contribution in [0, 0.1) is 0 Å². The number of amides is 1. The second kappa shape index (κ2) is 10.3. The molecule has 0 atom stereocenters. The van der Waals surface area contributed by atoms with Gasteiger partial charge in [-0.05, 0) is 41.8 Å². The van der Waals surface area contributed by atoms with Gasteiger partial charge in [0.1, 0.15) is 5.75 Å². The molecular weight excluding hydrogens is 348 g/mol. The van der Waals surface area contributed by atoms with E-state index >= 15 is 0 Å². The summed E-state index contributed by atoms with van der Waals surface area (Å²) in [6, 6.07) is 14.2. The van der Waals surface area contributed by atoms with E-state index in [4.69, 9.17) is 15.1 Å². The Kier molecular flexibility index (Phi) is 7.79. The van der Waals surface area contributed by atoms with Crippen molar-refractivity contribution >= 4 is 11.9 Å². The number of rotatable bonds is 10. The summed E-state index contributed by atoms with van der Waals surface area (Å²) in [5.41, 5.74) is 3.56. The van der Waals surface area contributed by atoms with Gasteiger partial charge in [0.2, 0.25) is 0 Å². The van der Waals surface area contributed by atoms with E-state index in [1.165, 1.54) is 6.07 Å². The van der Waals surface area contributed by atoms with E-state index in [1.54, 1.807) is 23.7 Å². The topological polar surface area (TPSA) is 99.1 Å². The summed E-state index contributed by atoms with van der Waals surface area (Å²) in [6.07, 6.45) is 0.932. The fourth-order valence-electron chi connectivity index (χ4n) is 2.64. The predicted octanol–water partition coefficient (Wildman–Crippen LogP) is 2.68. The number of nitrogens with one attached hydrogen (secondary N) is 1. The summed E-state index contributed by atoms with van der Waals surface area (Å²) < 4.78 is 5.56. The molecule has 2 aromatic carbocycles. The first-order valence-corrected chi connectivity index (χ1v) is 8.71. The minimum atomic E-state index is -1.00. The average molecular weight is 372 g/mol. The van der Waals surface area contributed by atoms with Crippen LogP contribution in [0.25, 0.3) is 0 Å². The van der Waals surface area contributed by atoms with Crippen molar-refractivity contribution in [3.8, 4) is 5.75 Å². The number of carbonyl (C=O) groups is 2. The van der Waals surface area contributed by atoms with Gasteiger partial charge in [-0.15, -0.1) is 0 Å². The van der Waals surface area contributed by atoms with Gasteiger partial charge in [-0.1, -0.05) is 31.2 Å². The van der Waals surface area contributed by atoms with Crippen LogP contribution >= 0.6 is 0 Å². The largest absolute Gasteiger partial charge is 0.494 e. The highest BCUT2D eigenvalue weighted by Crippen LogP contribution is 2.16. The first-order valence-electron chi connectivity index (χ1n) is 8.71. The Bertz CT molecular complexity index is 761. The zero-order valence-electron chi connectivity index (χ0n) is 15.2. The maximum absolute atomic E-state index is 11.6. The summed E-state index contributed by atoms with van der Waals surface area (Å²) >= 11 is 0. The van der Waals surface area contributed by atoms with E-state index in [0.29, 0.717) is 19.7 Å². The number of carboxylic acid groups (broad SMARTS) is 1. The molecule has 0 fully saturated rings. The SMILES string of the molecule is CCCOc1ccc(CN(CC(=O)NO)Cc2cccc(C(=O)O)c2)cc1. The molecule has 144 valence electrons. The molecule has 2 rings (SSSR count). The normalized spacial score (nSPS) is 10.6. The summed E-state index contributed by atoms with van der Waals surface area (Å²) in [6.45, 7) is 3.49. The van der Waals surface area contributed by atoms with Gasteiger partial charge in [-0.2, -0.15) is 0 Å². The van der Waals surface area contributed by atoms with Gasteiger partial charge in [0.15, 0.2) is 0 Å². The third-order valence-corrected chi connectivity index (χ3v) is 3.87. The van der Waals surface area contributed by atoms with Crippen molar-refractivity contribution in [2.75, 3.05) is 13.2 Å². The van der Waals surface area contributed by atoms with E-state index < -0.39 is 11.9 Å². The Morgan fingerprint density at radius 2 is 1.78 bits per heavy atom. The molecule has 0 saturated heterocycles. The minimum absolute atomic E-state index is 0.0259. The lowest BCUT2D eigenvalue weighted by Gasteiger charge is -2.22. The summed E-state index contributed by atoms with van der Waals surface area (Å²) in [4.78, 5) is 24.6. The standard InChI is InChI=1S/C20H24N2O5/c1-2-10-27-18-8-6-15(7-9-18)12-22(14-19(23)21-26)13-16-4-3-5-17(11-16)20(24)25/h3-9,11,26H,2,10,12-14H2,1H3,(H,21,23)(H,24,25). The van der Waals surface area contributed by atoms with Crippen LogP contribution < -0.4 is 10.2 Å². The van der Waals surface area contributed by atoms with Crippen LogP contribution in [0.3, 0.4) is 0 Å². The lowest BCUT2D eigenvalue weighted by Crippen LogP contribution is -2.35. The maximum atomic E-state index is 11.6. The van der Waals surface area contributed by atoms with E-state index in [2.05, 4.69) is 0 Å². The van der Waals surface area contributed by atoms with Crippen molar-refractivity contribution in [3.05, 3.63) is 65.2 Å². The molecule has 0 radical (unpaired) electrons. The molecule has 7 heteroatoms. The van der Waals surface area contributed by atoms with Gasteiger partial charge in [-0.25, -0.2) is 10.3 Å². The van der Waals surface area contributed by atoms with Crippen LogP contribution in [0.5, 0.6) is 5.75 Å². The second-order valence-electron chi connectivity index (χ2n) is 6.18. The van der Waals surface area contributed by atoms with E-state index in [9.17, 15) is 9.59 Å². The van der Waals surface area contributed by atoms with Gasteiger partial charge in [0.05, 0.1) is 18.7 Å².